The van der Waals surface area contributed by atoms with Crippen molar-refractivity contribution in [2.24, 2.45) is 10.7 Å². The number of hydrogen-bond donors (Lipinski definition) is 2. The molecule has 1 unspecified atom stereocenters. The first-order valence-electron chi connectivity index (χ1n) is 8.16. The minimum atomic E-state index is -0.658. The van der Waals surface area contributed by atoms with Crippen LogP contribution in [0.2, 0.25) is 10.0 Å². The number of anilines is 1. The van der Waals surface area contributed by atoms with E-state index in [1.54, 1.807) is 34.9 Å². The van der Waals surface area contributed by atoms with Crippen molar-refractivity contribution in [1.29, 1.82) is 0 Å². The highest BCUT2D eigenvalue weighted by atomic mass is 35.5. The molecule has 0 saturated heterocycles. The van der Waals surface area contributed by atoms with Gasteiger partial charge in [-0.15, -0.1) is 0 Å². The van der Waals surface area contributed by atoms with E-state index in [4.69, 9.17) is 38.4 Å². The first-order chi connectivity index (χ1) is 13.4. The van der Waals surface area contributed by atoms with E-state index < -0.39 is 11.7 Å². The van der Waals surface area contributed by atoms with E-state index in [0.29, 0.717) is 38.0 Å². The molecule has 0 spiro atoms. The lowest BCUT2D eigenvalue weighted by atomic mass is 10.1. The number of nitrogens with one attached hydrogen (secondary N) is 1. The molecule has 8 nitrogen and oxygen atoms in total. The number of rotatable bonds is 3. The molecule has 4 rings (SSSR count). The van der Waals surface area contributed by atoms with Gasteiger partial charge in [-0.2, -0.15) is 4.98 Å². The van der Waals surface area contributed by atoms with Crippen LogP contribution in [0.1, 0.15) is 11.7 Å². The Labute approximate surface area is 169 Å². The van der Waals surface area contributed by atoms with Gasteiger partial charge in [-0.25, -0.2) is 4.99 Å². The van der Waals surface area contributed by atoms with Gasteiger partial charge in [0.15, 0.2) is 23.6 Å². The first kappa shape index (κ1) is 18.4. The number of benzene rings is 2. The molecule has 1 aliphatic rings. The molecule has 2 aromatic carbocycles. The SMILES string of the molecule is COc1cc2c(=O)nc3n(c2cc1OC)C(c1ccc(Cl)cc1Cl)N=C(N)N3. The highest BCUT2D eigenvalue weighted by Crippen LogP contribution is 2.37. The van der Waals surface area contributed by atoms with Gasteiger partial charge >= 0.3 is 0 Å². The number of aromatic nitrogens is 2. The summed E-state index contributed by atoms with van der Waals surface area (Å²) in [6.07, 6.45) is -0.658. The van der Waals surface area contributed by atoms with Crippen molar-refractivity contribution in [3.8, 4) is 11.5 Å². The number of guanidine groups is 1. The fourth-order valence-corrected chi connectivity index (χ4v) is 3.66. The molecular formula is C18H15Cl2N5O3. The van der Waals surface area contributed by atoms with E-state index in [0.717, 1.165) is 0 Å². The van der Waals surface area contributed by atoms with Gasteiger partial charge in [-0.05, 0) is 18.2 Å². The lowest BCUT2D eigenvalue weighted by molar-refractivity contribution is 0.355. The Hall–Kier alpha value is -2.97. The molecule has 2 heterocycles. The van der Waals surface area contributed by atoms with Crippen LogP contribution in [0.5, 0.6) is 11.5 Å². The molecule has 0 fully saturated rings. The lowest BCUT2D eigenvalue weighted by Crippen LogP contribution is -2.35. The minimum absolute atomic E-state index is 0.114. The fourth-order valence-electron chi connectivity index (χ4n) is 3.15. The summed E-state index contributed by atoms with van der Waals surface area (Å²) in [5.41, 5.74) is 6.67. The van der Waals surface area contributed by atoms with E-state index in [-0.39, 0.29) is 11.9 Å². The second-order valence-corrected chi connectivity index (χ2v) is 6.86. The van der Waals surface area contributed by atoms with Crippen molar-refractivity contribution in [1.82, 2.24) is 9.55 Å². The highest BCUT2D eigenvalue weighted by molar-refractivity contribution is 6.35. The van der Waals surface area contributed by atoms with Gasteiger partial charge in [0, 0.05) is 21.7 Å². The summed E-state index contributed by atoms with van der Waals surface area (Å²) in [5.74, 6) is 1.23. The van der Waals surface area contributed by atoms with Crippen molar-refractivity contribution < 1.29 is 9.47 Å². The summed E-state index contributed by atoms with van der Waals surface area (Å²) in [6.45, 7) is 0. The second kappa shape index (κ2) is 6.88. The normalized spacial score (nSPS) is 15.6. The second-order valence-electron chi connectivity index (χ2n) is 6.01. The van der Waals surface area contributed by atoms with Gasteiger partial charge in [0.25, 0.3) is 5.56 Å². The highest BCUT2D eigenvalue weighted by Gasteiger charge is 2.27. The number of fused-ring (bicyclic) bond motifs is 3. The molecule has 144 valence electrons. The van der Waals surface area contributed by atoms with E-state index in [9.17, 15) is 4.79 Å². The van der Waals surface area contributed by atoms with Crippen LogP contribution in [-0.4, -0.2) is 29.7 Å². The molecule has 0 saturated carbocycles. The molecule has 10 heteroatoms. The standard InChI is InChI=1S/C18H15Cl2N5O3/c1-27-13-6-10-12(7-14(13)28-2)25-15(9-4-3-8(19)5-11(9)20)22-17(21)24-18(25)23-16(10)26/h3-7,15H,1-2H3,(H3,21,22,23,24,26). The summed E-state index contributed by atoms with van der Waals surface area (Å²) < 4.78 is 12.4. The summed E-state index contributed by atoms with van der Waals surface area (Å²) >= 11 is 12.4. The molecule has 1 aliphatic heterocycles. The maximum Gasteiger partial charge on any atom is 0.282 e. The van der Waals surface area contributed by atoms with Crippen LogP contribution in [-0.2, 0) is 0 Å². The molecule has 0 aliphatic carbocycles. The maximum atomic E-state index is 12.6. The summed E-state index contributed by atoms with van der Waals surface area (Å²) in [7, 11) is 3.01. The number of nitrogens with zero attached hydrogens (tertiary/aromatic N) is 3. The predicted octanol–water partition coefficient (Wildman–Crippen LogP) is 3.01. The Bertz CT molecular complexity index is 1190. The quantitative estimate of drug-likeness (QED) is 0.675. The third-order valence-electron chi connectivity index (χ3n) is 4.41. The van der Waals surface area contributed by atoms with Crippen LogP contribution in [0.15, 0.2) is 40.1 Å². The van der Waals surface area contributed by atoms with E-state index in [1.807, 2.05) is 0 Å². The predicted molar refractivity (Wildman–Crippen MR) is 109 cm³/mol. The Balaban J connectivity index is 2.07. The molecular weight excluding hydrogens is 405 g/mol. The monoisotopic (exact) mass is 419 g/mol. The van der Waals surface area contributed by atoms with Crippen LogP contribution in [0.3, 0.4) is 0 Å². The van der Waals surface area contributed by atoms with Crippen LogP contribution < -0.4 is 26.1 Å². The van der Waals surface area contributed by atoms with Crippen molar-refractivity contribution in [2.45, 2.75) is 6.17 Å². The smallest absolute Gasteiger partial charge is 0.282 e. The molecule has 0 bridgehead atoms. The summed E-state index contributed by atoms with van der Waals surface area (Å²) in [5, 5.41) is 4.08. The van der Waals surface area contributed by atoms with Crippen molar-refractivity contribution in [2.75, 3.05) is 19.5 Å². The van der Waals surface area contributed by atoms with E-state index >= 15 is 0 Å². The molecule has 0 amide bonds. The minimum Gasteiger partial charge on any atom is -0.493 e. The van der Waals surface area contributed by atoms with Crippen LogP contribution in [0, 0.1) is 0 Å². The summed E-state index contributed by atoms with van der Waals surface area (Å²) in [6, 6.07) is 8.35. The molecule has 3 aromatic rings. The summed E-state index contributed by atoms with van der Waals surface area (Å²) in [4.78, 5) is 21.2. The van der Waals surface area contributed by atoms with Crippen LogP contribution in [0.4, 0.5) is 5.95 Å². The number of aliphatic imine (C=N–C) groups is 1. The third-order valence-corrected chi connectivity index (χ3v) is 4.98. The molecule has 3 N–H and O–H groups in total. The zero-order chi connectivity index (χ0) is 20.0. The lowest BCUT2D eigenvalue weighted by Gasteiger charge is -2.28. The first-order valence-corrected chi connectivity index (χ1v) is 8.92. The molecule has 28 heavy (non-hydrogen) atoms. The zero-order valence-corrected chi connectivity index (χ0v) is 16.4. The Kier molecular flexibility index (Phi) is 4.52. The van der Waals surface area contributed by atoms with Crippen molar-refractivity contribution in [3.05, 3.63) is 56.3 Å². The van der Waals surface area contributed by atoms with Gasteiger partial charge in [-0.1, -0.05) is 29.3 Å². The van der Waals surface area contributed by atoms with Crippen LogP contribution >= 0.6 is 23.2 Å². The molecule has 1 aromatic heterocycles. The Morgan fingerprint density at radius 2 is 1.86 bits per heavy atom. The van der Waals surface area contributed by atoms with Crippen molar-refractivity contribution in [3.63, 3.8) is 0 Å². The van der Waals surface area contributed by atoms with E-state index in [2.05, 4.69) is 15.3 Å². The van der Waals surface area contributed by atoms with Crippen LogP contribution in [0.25, 0.3) is 10.9 Å². The van der Waals surface area contributed by atoms with Gasteiger partial charge in [0.1, 0.15) is 0 Å². The maximum absolute atomic E-state index is 12.6. The van der Waals surface area contributed by atoms with E-state index in [1.165, 1.54) is 14.2 Å². The average Bonchev–Trinajstić information content (AvgIpc) is 2.66. The Morgan fingerprint density at radius 3 is 2.54 bits per heavy atom. The van der Waals surface area contributed by atoms with Gasteiger partial charge in [0.2, 0.25) is 5.95 Å². The number of nitrogens with two attached hydrogens (primary N) is 1. The number of halogens is 2. The zero-order valence-electron chi connectivity index (χ0n) is 14.9. The number of ether oxygens (including phenoxy) is 2. The topological polar surface area (TPSA) is 104 Å². The Morgan fingerprint density at radius 1 is 1.14 bits per heavy atom. The fraction of sp³-hybridized carbons (Fsp3) is 0.167. The third kappa shape index (κ3) is 2.90. The molecule has 0 radical (unpaired) electrons. The number of hydrogen-bond acceptors (Lipinski definition) is 7. The van der Waals surface area contributed by atoms with Crippen molar-refractivity contribution >= 4 is 46.0 Å². The average molecular weight is 420 g/mol. The van der Waals surface area contributed by atoms with Gasteiger partial charge < -0.3 is 15.2 Å². The largest absolute Gasteiger partial charge is 0.493 e. The number of methoxy groups -OCH3 is 2. The molecule has 1 atom stereocenters. The van der Waals surface area contributed by atoms with Gasteiger partial charge in [-0.3, -0.25) is 14.7 Å². The van der Waals surface area contributed by atoms with Gasteiger partial charge in [0.05, 0.1) is 25.1 Å².